The van der Waals surface area contributed by atoms with Gasteiger partial charge in [-0.15, -0.1) is 5.69 Å². The van der Waals surface area contributed by atoms with Crippen molar-refractivity contribution in [3.63, 3.8) is 0 Å². The van der Waals surface area contributed by atoms with Crippen molar-refractivity contribution in [3.8, 4) is 0 Å². The third-order valence-corrected chi connectivity index (χ3v) is 1.72. The van der Waals surface area contributed by atoms with Crippen molar-refractivity contribution in [3.05, 3.63) is 32.9 Å². The van der Waals surface area contributed by atoms with Crippen LogP contribution >= 0.6 is 0 Å². The van der Waals surface area contributed by atoms with Crippen LogP contribution in [0, 0.1) is 13.8 Å². The molecule has 0 bridgehead atoms. The van der Waals surface area contributed by atoms with Crippen LogP contribution in [0.3, 0.4) is 0 Å². The van der Waals surface area contributed by atoms with Gasteiger partial charge in [-0.1, -0.05) is 20.3 Å². The Morgan fingerprint density at radius 3 is 1.45 bits per heavy atom. The molecule has 0 saturated heterocycles. The minimum absolute atomic E-state index is 0. The Morgan fingerprint density at radius 1 is 0.900 bits per heavy atom. The predicted molar refractivity (Wildman–Crippen MR) is 86.6 cm³/mol. The second kappa shape index (κ2) is 23.9. The number of rotatable bonds is 2. The van der Waals surface area contributed by atoms with Gasteiger partial charge in [0.1, 0.15) is 0 Å². The largest absolute Gasteiger partial charge is 4.00 e. The summed E-state index contributed by atoms with van der Waals surface area (Å²) < 4.78 is 0. The van der Waals surface area contributed by atoms with Gasteiger partial charge < -0.3 is 26.1 Å². The molecule has 0 saturated carbocycles. The molecule has 0 unspecified atom stereocenters. The van der Waals surface area contributed by atoms with Gasteiger partial charge in [0, 0.05) is 5.69 Å². The number of hydrogen-bond acceptors (Lipinski definition) is 1. The van der Waals surface area contributed by atoms with Gasteiger partial charge in [-0.05, 0) is 18.9 Å². The molecule has 5 nitrogen and oxygen atoms in total. The van der Waals surface area contributed by atoms with E-state index in [4.69, 9.17) is 0 Å². The Balaban J connectivity index is -0.000000108. The van der Waals surface area contributed by atoms with Gasteiger partial charge in [0.05, 0.1) is 0 Å². The summed E-state index contributed by atoms with van der Waals surface area (Å²) in [5.41, 5.74) is 3.53. The maximum absolute atomic E-state index is 3.98. The first-order valence-corrected chi connectivity index (χ1v) is 6.39. The average Bonchev–Trinajstić information content (AvgIpc) is 2.64. The van der Waals surface area contributed by atoms with E-state index in [2.05, 4.69) is 33.1 Å². The Hall–Kier alpha value is -0.196. The van der Waals surface area contributed by atoms with Crippen molar-refractivity contribution in [1.29, 1.82) is 0 Å². The first-order valence-electron chi connectivity index (χ1n) is 6.39. The van der Waals surface area contributed by atoms with Crippen LogP contribution < -0.4 is 5.10 Å². The van der Waals surface area contributed by atoms with E-state index in [9.17, 15) is 0 Å². The molecular weight excluding hydrogens is 286 g/mol. The molecule has 1 rings (SSSR count). The Labute approximate surface area is 141 Å². The molecule has 1 heterocycles. The third-order valence-electron chi connectivity index (χ3n) is 1.72. The van der Waals surface area contributed by atoms with Gasteiger partial charge in [0.15, 0.2) is 0 Å². The molecule has 0 radical (unpaired) electrons. The summed E-state index contributed by atoms with van der Waals surface area (Å²) in [6, 6.07) is 0. The molecular formula is C14H31N5Ti. The molecule has 0 spiro atoms. The number of aryl methyl sites for hydroxylation is 2. The van der Waals surface area contributed by atoms with E-state index in [0.29, 0.717) is 0 Å². The first kappa shape index (κ1) is 28.0. The summed E-state index contributed by atoms with van der Waals surface area (Å²) in [6.07, 6.45) is 2.29. The van der Waals surface area contributed by atoms with E-state index in [1.165, 1.54) is 12.0 Å². The maximum atomic E-state index is 3.98. The molecule has 1 aromatic heterocycles. The SMILES string of the molecule is CCCc1c(C)n[n-]c1C.C[N-]C.C[N-]C.C[N-]C.[Ti+4]. The minimum Gasteiger partial charge on any atom is -0.668 e. The number of nitrogens with zero attached hydrogens (tertiary/aromatic N) is 5. The fraction of sp³-hybridized carbons (Fsp3) is 0.786. The van der Waals surface area contributed by atoms with Gasteiger partial charge >= 0.3 is 21.7 Å². The topological polar surface area (TPSA) is 69.3 Å². The van der Waals surface area contributed by atoms with Gasteiger partial charge in [-0.25, -0.2) is 0 Å². The van der Waals surface area contributed by atoms with Crippen molar-refractivity contribution >= 4 is 0 Å². The molecule has 1 aromatic rings. The van der Waals surface area contributed by atoms with Crippen LogP contribution in [-0.4, -0.2) is 47.4 Å². The van der Waals surface area contributed by atoms with E-state index in [1.807, 2.05) is 13.8 Å². The first-order chi connectivity index (χ1) is 9.00. The molecule has 116 valence electrons. The minimum atomic E-state index is 0. The van der Waals surface area contributed by atoms with Crippen LogP contribution in [-0.2, 0) is 28.1 Å². The molecule has 6 heteroatoms. The van der Waals surface area contributed by atoms with Crippen molar-refractivity contribution in [1.82, 2.24) is 10.2 Å². The van der Waals surface area contributed by atoms with Crippen LogP contribution in [0.4, 0.5) is 0 Å². The van der Waals surface area contributed by atoms with Gasteiger partial charge in [0.2, 0.25) is 0 Å². The molecule has 0 fully saturated rings. The quantitative estimate of drug-likeness (QED) is 0.784. The van der Waals surface area contributed by atoms with Gasteiger partial charge in [-0.2, -0.15) is 42.3 Å². The zero-order valence-corrected chi connectivity index (χ0v) is 16.2. The Bertz CT molecular complexity index is 240. The fourth-order valence-electron chi connectivity index (χ4n) is 1.14. The molecule has 0 atom stereocenters. The fourth-order valence-corrected chi connectivity index (χ4v) is 1.14. The molecule has 0 aliphatic carbocycles. The summed E-state index contributed by atoms with van der Waals surface area (Å²) in [5, 5.41) is 18.5. The van der Waals surface area contributed by atoms with Gasteiger partial charge in [0.25, 0.3) is 0 Å². The Morgan fingerprint density at radius 2 is 1.25 bits per heavy atom. The molecule has 0 N–H and O–H groups in total. The molecule has 0 aromatic carbocycles. The van der Waals surface area contributed by atoms with Crippen LogP contribution in [0.2, 0.25) is 0 Å². The zero-order valence-electron chi connectivity index (χ0n) is 14.7. The summed E-state index contributed by atoms with van der Waals surface area (Å²) >= 11 is 0. The van der Waals surface area contributed by atoms with Gasteiger partial charge in [-0.3, -0.25) is 0 Å². The summed E-state index contributed by atoms with van der Waals surface area (Å²) in [6.45, 7) is 6.21. The summed E-state index contributed by atoms with van der Waals surface area (Å²) in [4.78, 5) is 0. The van der Waals surface area contributed by atoms with Crippen LogP contribution in [0.15, 0.2) is 0 Å². The van der Waals surface area contributed by atoms with Crippen molar-refractivity contribution in [2.75, 3.05) is 42.3 Å². The molecule has 0 aliphatic rings. The number of hydrogen-bond donors (Lipinski definition) is 0. The molecule has 0 amide bonds. The van der Waals surface area contributed by atoms with E-state index >= 15 is 0 Å². The van der Waals surface area contributed by atoms with Crippen LogP contribution in [0.1, 0.15) is 30.3 Å². The van der Waals surface area contributed by atoms with Crippen molar-refractivity contribution in [2.45, 2.75) is 33.6 Å². The monoisotopic (exact) mass is 317 g/mol. The smallest absolute Gasteiger partial charge is 0.668 e. The van der Waals surface area contributed by atoms with E-state index in [0.717, 1.165) is 17.8 Å². The maximum Gasteiger partial charge on any atom is 4.00 e. The van der Waals surface area contributed by atoms with Crippen molar-refractivity contribution in [2.24, 2.45) is 0 Å². The Kier molecular flexibility index (Phi) is 33.5. The van der Waals surface area contributed by atoms with E-state index in [1.54, 1.807) is 42.3 Å². The number of aromatic nitrogens is 2. The van der Waals surface area contributed by atoms with E-state index < -0.39 is 0 Å². The zero-order chi connectivity index (χ0) is 15.7. The second-order valence-corrected chi connectivity index (χ2v) is 3.94. The van der Waals surface area contributed by atoms with Crippen LogP contribution in [0.25, 0.3) is 16.0 Å². The van der Waals surface area contributed by atoms with E-state index in [-0.39, 0.29) is 21.7 Å². The van der Waals surface area contributed by atoms with Crippen LogP contribution in [0.5, 0.6) is 0 Å². The summed E-state index contributed by atoms with van der Waals surface area (Å²) in [7, 11) is 10.5. The second-order valence-electron chi connectivity index (χ2n) is 3.94. The predicted octanol–water partition coefficient (Wildman–Crippen LogP) is 3.46. The average molecular weight is 317 g/mol. The normalized spacial score (nSPS) is 7.85. The molecule has 20 heavy (non-hydrogen) atoms. The molecule has 0 aliphatic heterocycles. The third kappa shape index (κ3) is 20.1. The summed E-state index contributed by atoms with van der Waals surface area (Å²) in [5.74, 6) is 0. The standard InChI is InChI=1S/C8H13N2.3C2H6N.Ti/c1-4-5-8-6(2)9-10-7(8)3;3*1-3-2;/h4-5H2,1-3H3;3*1-2H3;/q4*-1;+4. The van der Waals surface area contributed by atoms with Crippen molar-refractivity contribution < 1.29 is 21.7 Å².